The minimum atomic E-state index is -0.143. The van der Waals surface area contributed by atoms with Crippen molar-refractivity contribution in [2.45, 2.75) is 71.5 Å². The van der Waals surface area contributed by atoms with Crippen LogP contribution in [0.15, 0.2) is 6.07 Å². The lowest BCUT2D eigenvalue weighted by Gasteiger charge is -2.27. The average Bonchev–Trinajstić information content (AvgIpc) is 2.45. The average molecular weight is 244 g/mol. The zero-order valence-corrected chi connectivity index (χ0v) is 12.3. The Morgan fingerprint density at radius 1 is 0.944 bits per heavy atom. The molecular weight excluding hydrogens is 220 g/mol. The molecule has 1 heterocycles. The van der Waals surface area contributed by atoms with Gasteiger partial charge in [0, 0.05) is 0 Å². The van der Waals surface area contributed by atoms with Crippen LogP contribution in [0.3, 0.4) is 0 Å². The lowest BCUT2D eigenvalue weighted by Crippen LogP contribution is -2.23. The summed E-state index contributed by atoms with van der Waals surface area (Å²) < 4.78 is 6.33. The van der Waals surface area contributed by atoms with Crippen LogP contribution in [0.25, 0.3) is 0 Å². The Morgan fingerprint density at radius 2 is 1.56 bits per heavy atom. The van der Waals surface area contributed by atoms with Crippen LogP contribution in [-0.4, -0.2) is 0 Å². The first-order chi connectivity index (χ1) is 8.33. The molecule has 1 heteroatoms. The second-order valence-electron chi connectivity index (χ2n) is 6.90. The van der Waals surface area contributed by atoms with Crippen LogP contribution >= 0.6 is 0 Å². The van der Waals surface area contributed by atoms with Gasteiger partial charge in [-0.05, 0) is 88.1 Å². The van der Waals surface area contributed by atoms with Gasteiger partial charge in [-0.3, -0.25) is 0 Å². The van der Waals surface area contributed by atoms with Crippen LogP contribution in [0.1, 0.15) is 68.4 Å². The third kappa shape index (κ3) is 1.56. The fourth-order valence-corrected chi connectivity index (χ4v) is 4.06. The van der Waals surface area contributed by atoms with Crippen molar-refractivity contribution in [1.29, 1.82) is 0 Å². The van der Waals surface area contributed by atoms with E-state index in [1.54, 1.807) is 11.1 Å². The Kier molecular flexibility index (Phi) is 2.45. The molecule has 1 aliphatic carbocycles. The van der Waals surface area contributed by atoms with Crippen molar-refractivity contribution in [2.24, 2.45) is 0 Å². The Balaban J connectivity index is 2.32. The van der Waals surface area contributed by atoms with E-state index in [2.05, 4.69) is 40.7 Å². The Labute approximate surface area is 111 Å². The highest BCUT2D eigenvalue weighted by Crippen LogP contribution is 2.50. The summed E-state index contributed by atoms with van der Waals surface area (Å²) in [4.78, 5) is 0. The third-order valence-electron chi connectivity index (χ3n) is 4.64. The van der Waals surface area contributed by atoms with Gasteiger partial charge >= 0.3 is 0 Å². The maximum atomic E-state index is 6.33. The Bertz CT molecular complexity index is 509. The van der Waals surface area contributed by atoms with Crippen molar-refractivity contribution in [2.75, 3.05) is 0 Å². The first kappa shape index (κ1) is 12.2. The zero-order chi connectivity index (χ0) is 13.1. The molecule has 0 fully saturated rings. The van der Waals surface area contributed by atoms with Gasteiger partial charge in [-0.1, -0.05) is 6.07 Å². The minimum absolute atomic E-state index is 0.131. The molecule has 3 rings (SSSR count). The highest BCUT2D eigenvalue weighted by atomic mass is 16.5. The molecule has 0 atom stereocenters. The summed E-state index contributed by atoms with van der Waals surface area (Å²) in [5.41, 5.74) is 7.32. The van der Waals surface area contributed by atoms with Gasteiger partial charge in [0.1, 0.15) is 0 Å². The second-order valence-corrected chi connectivity index (χ2v) is 6.90. The highest BCUT2D eigenvalue weighted by Gasteiger charge is 2.45. The summed E-state index contributed by atoms with van der Waals surface area (Å²) >= 11 is 0. The van der Waals surface area contributed by atoms with Crippen molar-refractivity contribution in [3.05, 3.63) is 33.9 Å². The van der Waals surface area contributed by atoms with Gasteiger partial charge in [0.2, 0.25) is 0 Å². The van der Waals surface area contributed by atoms with E-state index in [4.69, 9.17) is 4.74 Å². The lowest BCUT2D eigenvalue weighted by atomic mass is 9.77. The molecule has 0 saturated carbocycles. The molecule has 98 valence electrons. The smallest absolute Gasteiger partial charge is 0.0893 e. The molecule has 1 aromatic carbocycles. The van der Waals surface area contributed by atoms with E-state index in [0.717, 1.165) is 0 Å². The minimum Gasteiger partial charge on any atom is -0.360 e. The zero-order valence-electron chi connectivity index (χ0n) is 12.3. The standard InChI is InChI=1S/C17H24O/c1-11-10-14-15(13-9-7-6-8-12(11)13)17(4,5)18-16(14,2)3/h10H,6-9H2,1-5H3. The fourth-order valence-electron chi connectivity index (χ4n) is 4.06. The van der Waals surface area contributed by atoms with Crippen molar-refractivity contribution in [3.63, 3.8) is 0 Å². The van der Waals surface area contributed by atoms with Gasteiger partial charge in [-0.15, -0.1) is 0 Å². The first-order valence-corrected chi connectivity index (χ1v) is 7.19. The molecule has 0 spiro atoms. The SMILES string of the molecule is Cc1cc2c(c3c1CCCC3)C(C)(C)OC2(C)C. The largest absolute Gasteiger partial charge is 0.360 e. The summed E-state index contributed by atoms with van der Waals surface area (Å²) in [7, 11) is 0. The van der Waals surface area contributed by atoms with Gasteiger partial charge in [0.05, 0.1) is 11.2 Å². The molecule has 0 bridgehead atoms. The van der Waals surface area contributed by atoms with Crippen LogP contribution in [0.5, 0.6) is 0 Å². The van der Waals surface area contributed by atoms with E-state index in [-0.39, 0.29) is 11.2 Å². The van der Waals surface area contributed by atoms with Gasteiger partial charge in [0.25, 0.3) is 0 Å². The summed E-state index contributed by atoms with van der Waals surface area (Å²) in [5.74, 6) is 0. The Morgan fingerprint density at radius 3 is 2.22 bits per heavy atom. The summed E-state index contributed by atoms with van der Waals surface area (Å²) in [6.07, 6.45) is 5.17. The maximum absolute atomic E-state index is 6.33. The monoisotopic (exact) mass is 244 g/mol. The van der Waals surface area contributed by atoms with E-state index >= 15 is 0 Å². The van der Waals surface area contributed by atoms with E-state index in [0.29, 0.717) is 0 Å². The molecule has 2 aliphatic rings. The predicted octanol–water partition coefficient (Wildman–Crippen LogP) is 4.37. The summed E-state index contributed by atoms with van der Waals surface area (Å²) in [6.45, 7) is 11.1. The molecule has 0 N–H and O–H groups in total. The number of aryl methyl sites for hydroxylation is 1. The molecule has 0 aromatic heterocycles. The predicted molar refractivity (Wildman–Crippen MR) is 75.0 cm³/mol. The molecule has 0 radical (unpaired) electrons. The van der Waals surface area contributed by atoms with E-state index in [9.17, 15) is 0 Å². The molecule has 1 nitrogen and oxygen atoms in total. The second kappa shape index (κ2) is 3.60. The number of hydrogen-bond donors (Lipinski definition) is 0. The van der Waals surface area contributed by atoms with Gasteiger partial charge in [0.15, 0.2) is 0 Å². The molecule has 0 saturated heterocycles. The topological polar surface area (TPSA) is 9.23 Å². The van der Waals surface area contributed by atoms with Crippen LogP contribution < -0.4 is 0 Å². The first-order valence-electron chi connectivity index (χ1n) is 7.19. The van der Waals surface area contributed by atoms with Crippen LogP contribution in [0.2, 0.25) is 0 Å². The highest BCUT2D eigenvalue weighted by molar-refractivity contribution is 5.53. The Hall–Kier alpha value is -0.820. The van der Waals surface area contributed by atoms with Crippen molar-refractivity contribution in [1.82, 2.24) is 0 Å². The lowest BCUT2D eigenvalue weighted by molar-refractivity contribution is -0.105. The van der Waals surface area contributed by atoms with Crippen molar-refractivity contribution in [3.8, 4) is 0 Å². The van der Waals surface area contributed by atoms with E-state index in [1.165, 1.54) is 42.4 Å². The number of hydrogen-bond acceptors (Lipinski definition) is 1. The molecule has 0 unspecified atom stereocenters. The van der Waals surface area contributed by atoms with Crippen molar-refractivity contribution >= 4 is 0 Å². The van der Waals surface area contributed by atoms with Crippen LogP contribution in [0, 0.1) is 6.92 Å². The van der Waals surface area contributed by atoms with Crippen LogP contribution in [0.4, 0.5) is 0 Å². The number of benzene rings is 1. The molecule has 1 aliphatic heterocycles. The van der Waals surface area contributed by atoms with Gasteiger partial charge in [-0.25, -0.2) is 0 Å². The maximum Gasteiger partial charge on any atom is 0.0893 e. The quantitative estimate of drug-likeness (QED) is 0.658. The van der Waals surface area contributed by atoms with E-state index < -0.39 is 0 Å². The molecule has 0 amide bonds. The third-order valence-corrected chi connectivity index (χ3v) is 4.64. The van der Waals surface area contributed by atoms with Crippen LogP contribution in [-0.2, 0) is 28.8 Å². The number of rotatable bonds is 0. The summed E-state index contributed by atoms with van der Waals surface area (Å²) in [6, 6.07) is 2.38. The molecule has 18 heavy (non-hydrogen) atoms. The molecule has 1 aromatic rings. The van der Waals surface area contributed by atoms with Gasteiger partial charge < -0.3 is 4.74 Å². The van der Waals surface area contributed by atoms with E-state index in [1.807, 2.05) is 0 Å². The van der Waals surface area contributed by atoms with Crippen molar-refractivity contribution < 1.29 is 4.74 Å². The number of ether oxygens (including phenoxy) is 1. The normalized spacial score (nSPS) is 23.6. The number of fused-ring (bicyclic) bond motifs is 3. The summed E-state index contributed by atoms with van der Waals surface area (Å²) in [5, 5.41) is 0. The van der Waals surface area contributed by atoms with Gasteiger partial charge in [-0.2, -0.15) is 0 Å². The molecular formula is C17H24O. The fraction of sp³-hybridized carbons (Fsp3) is 0.647.